The molecule has 2 heterocycles. The molecule has 3 rings (SSSR count). The largest absolute Gasteiger partial charge is 0.327 e. The Hall–Kier alpha value is -3.70. The van der Waals surface area contributed by atoms with Crippen LogP contribution in [0.15, 0.2) is 78.2 Å². The van der Waals surface area contributed by atoms with Crippen molar-refractivity contribution in [2.45, 2.75) is 13.1 Å². The van der Waals surface area contributed by atoms with Gasteiger partial charge >= 0.3 is 0 Å². The van der Waals surface area contributed by atoms with Gasteiger partial charge in [0.15, 0.2) is 0 Å². The number of rotatable bonds is 6. The van der Waals surface area contributed by atoms with Crippen molar-refractivity contribution in [2.24, 2.45) is 5.11 Å². The van der Waals surface area contributed by atoms with Crippen molar-refractivity contribution in [1.29, 1.82) is 0 Å². The van der Waals surface area contributed by atoms with Gasteiger partial charge in [-0.15, -0.1) is 0 Å². The molecule has 0 saturated heterocycles. The van der Waals surface area contributed by atoms with Crippen LogP contribution < -0.4 is 0 Å². The minimum absolute atomic E-state index is 0.145. The van der Waals surface area contributed by atoms with Crippen molar-refractivity contribution in [2.75, 3.05) is 0 Å². The van der Waals surface area contributed by atoms with E-state index in [2.05, 4.69) is 20.0 Å². The molecule has 7 nitrogen and oxygen atoms in total. The van der Waals surface area contributed by atoms with Crippen molar-refractivity contribution >= 4 is 11.6 Å². The van der Waals surface area contributed by atoms with Crippen LogP contribution in [-0.4, -0.2) is 20.8 Å². The molecular formula is C19H16N6O. The summed E-state index contributed by atoms with van der Waals surface area (Å²) in [5.41, 5.74) is 11.0. The van der Waals surface area contributed by atoms with E-state index >= 15 is 0 Å². The second kappa shape index (κ2) is 8.41. The summed E-state index contributed by atoms with van der Waals surface area (Å²) in [6, 6.07) is 17.7. The smallest absolute Gasteiger partial charge is 0.254 e. The predicted molar refractivity (Wildman–Crippen MR) is 97.3 cm³/mol. The molecule has 0 unspecified atom stereocenters. The third-order valence-corrected chi connectivity index (χ3v) is 3.72. The third kappa shape index (κ3) is 4.43. The lowest BCUT2D eigenvalue weighted by molar-refractivity contribution is 0.0725. The van der Waals surface area contributed by atoms with Crippen LogP contribution in [0.4, 0.5) is 5.69 Å². The zero-order valence-electron chi connectivity index (χ0n) is 13.9. The molecule has 2 aromatic heterocycles. The maximum Gasteiger partial charge on any atom is 0.254 e. The third-order valence-electron chi connectivity index (χ3n) is 3.72. The Morgan fingerprint density at radius 3 is 1.96 bits per heavy atom. The highest BCUT2D eigenvalue weighted by molar-refractivity contribution is 5.94. The van der Waals surface area contributed by atoms with Crippen LogP contribution >= 0.6 is 0 Å². The Morgan fingerprint density at radius 1 is 0.923 bits per heavy atom. The number of pyridine rings is 2. The van der Waals surface area contributed by atoms with Crippen molar-refractivity contribution < 1.29 is 4.79 Å². The molecule has 0 bridgehead atoms. The SMILES string of the molecule is [N-]=[N+]=Nc1ccc(C(=O)N(Cc2ccccn2)Cc2ccccn2)cc1. The first-order chi connectivity index (χ1) is 12.8. The van der Waals surface area contributed by atoms with Crippen molar-refractivity contribution in [1.82, 2.24) is 14.9 Å². The minimum atomic E-state index is -0.145. The fraction of sp³-hybridized carbons (Fsp3) is 0.105. The number of hydrogen-bond donors (Lipinski definition) is 0. The maximum absolute atomic E-state index is 13.0. The van der Waals surface area contributed by atoms with Gasteiger partial charge in [0.1, 0.15) is 0 Å². The zero-order valence-corrected chi connectivity index (χ0v) is 13.9. The van der Waals surface area contributed by atoms with E-state index in [-0.39, 0.29) is 5.91 Å². The van der Waals surface area contributed by atoms with E-state index in [0.29, 0.717) is 24.3 Å². The minimum Gasteiger partial charge on any atom is -0.327 e. The summed E-state index contributed by atoms with van der Waals surface area (Å²) >= 11 is 0. The number of benzene rings is 1. The lowest BCUT2D eigenvalue weighted by Gasteiger charge is -2.22. The quantitative estimate of drug-likeness (QED) is 0.380. The molecule has 26 heavy (non-hydrogen) atoms. The second-order valence-corrected chi connectivity index (χ2v) is 5.54. The topological polar surface area (TPSA) is 94.9 Å². The Labute approximate surface area is 150 Å². The predicted octanol–water partition coefficient (Wildman–Crippen LogP) is 4.26. The van der Waals surface area contributed by atoms with E-state index in [9.17, 15) is 4.79 Å². The molecule has 0 aliphatic carbocycles. The molecule has 0 aliphatic heterocycles. The molecule has 128 valence electrons. The summed E-state index contributed by atoms with van der Waals surface area (Å²) in [4.78, 5) is 26.0. The van der Waals surface area contributed by atoms with Crippen LogP contribution in [0.25, 0.3) is 10.4 Å². The van der Waals surface area contributed by atoms with Gasteiger partial charge in [0.2, 0.25) is 0 Å². The lowest BCUT2D eigenvalue weighted by atomic mass is 10.1. The summed E-state index contributed by atoms with van der Waals surface area (Å²) in [5.74, 6) is -0.145. The fourth-order valence-corrected chi connectivity index (χ4v) is 2.48. The Morgan fingerprint density at radius 2 is 1.50 bits per heavy atom. The Balaban J connectivity index is 1.85. The number of carbonyl (C=O) groups excluding carboxylic acids is 1. The molecule has 0 saturated carbocycles. The van der Waals surface area contributed by atoms with Gasteiger partial charge in [-0.3, -0.25) is 14.8 Å². The molecule has 0 N–H and O–H groups in total. The van der Waals surface area contributed by atoms with Crippen LogP contribution in [0, 0.1) is 0 Å². The molecule has 0 spiro atoms. The van der Waals surface area contributed by atoms with Crippen LogP contribution in [-0.2, 0) is 13.1 Å². The van der Waals surface area contributed by atoms with Gasteiger partial charge in [-0.1, -0.05) is 29.4 Å². The van der Waals surface area contributed by atoms with Crippen LogP contribution in [0.3, 0.4) is 0 Å². The Kier molecular flexibility index (Phi) is 5.54. The van der Waals surface area contributed by atoms with Crippen molar-refractivity contribution in [3.05, 3.63) is 100 Å². The lowest BCUT2D eigenvalue weighted by Crippen LogP contribution is -2.30. The van der Waals surface area contributed by atoms with Crippen LogP contribution in [0.1, 0.15) is 21.7 Å². The summed E-state index contributed by atoms with van der Waals surface area (Å²) in [6.45, 7) is 0.739. The standard InChI is InChI=1S/C19H16N6O/c20-24-23-16-9-7-15(8-10-16)19(26)25(13-17-5-1-3-11-21-17)14-18-6-2-4-12-22-18/h1-12H,13-14H2. The highest BCUT2D eigenvalue weighted by Crippen LogP contribution is 2.17. The molecule has 7 heteroatoms. The summed E-state index contributed by atoms with van der Waals surface area (Å²) in [7, 11) is 0. The number of carbonyl (C=O) groups is 1. The highest BCUT2D eigenvalue weighted by atomic mass is 16.2. The van der Waals surface area contributed by atoms with Gasteiger partial charge in [0.05, 0.1) is 24.5 Å². The molecular weight excluding hydrogens is 328 g/mol. The molecule has 0 aliphatic rings. The van der Waals surface area contributed by atoms with Gasteiger partial charge in [-0.05, 0) is 41.9 Å². The number of aromatic nitrogens is 2. The fourth-order valence-electron chi connectivity index (χ4n) is 2.48. The van der Waals surface area contributed by atoms with Crippen molar-refractivity contribution in [3.63, 3.8) is 0 Å². The number of hydrogen-bond acceptors (Lipinski definition) is 4. The molecule has 0 atom stereocenters. The number of nitrogens with zero attached hydrogens (tertiary/aromatic N) is 6. The second-order valence-electron chi connectivity index (χ2n) is 5.54. The van der Waals surface area contributed by atoms with Gasteiger partial charge in [-0.25, -0.2) is 0 Å². The van der Waals surface area contributed by atoms with E-state index in [1.54, 1.807) is 41.6 Å². The molecule has 1 amide bonds. The average molecular weight is 344 g/mol. The average Bonchev–Trinajstić information content (AvgIpc) is 2.69. The number of azide groups is 1. The van der Waals surface area contributed by atoms with E-state index in [1.807, 2.05) is 36.4 Å². The normalized spacial score (nSPS) is 10.0. The highest BCUT2D eigenvalue weighted by Gasteiger charge is 2.17. The van der Waals surface area contributed by atoms with Crippen molar-refractivity contribution in [3.8, 4) is 0 Å². The summed E-state index contributed by atoms with van der Waals surface area (Å²) in [5, 5.41) is 3.52. The van der Waals surface area contributed by atoms with Gasteiger partial charge in [0, 0.05) is 28.6 Å². The molecule has 3 aromatic rings. The monoisotopic (exact) mass is 344 g/mol. The molecule has 0 radical (unpaired) electrons. The zero-order chi connectivity index (χ0) is 18.2. The van der Waals surface area contributed by atoms with Crippen LogP contribution in [0.2, 0.25) is 0 Å². The summed E-state index contributed by atoms with van der Waals surface area (Å²) in [6.07, 6.45) is 3.40. The first-order valence-corrected chi connectivity index (χ1v) is 8.00. The van der Waals surface area contributed by atoms with E-state index in [4.69, 9.17) is 5.53 Å². The van der Waals surface area contributed by atoms with Gasteiger partial charge in [0.25, 0.3) is 5.91 Å². The first kappa shape index (κ1) is 17.1. The number of amides is 1. The van der Waals surface area contributed by atoms with Gasteiger partial charge in [-0.2, -0.15) is 0 Å². The first-order valence-electron chi connectivity index (χ1n) is 8.00. The van der Waals surface area contributed by atoms with E-state index in [1.165, 1.54) is 0 Å². The summed E-state index contributed by atoms with van der Waals surface area (Å²) < 4.78 is 0. The Bertz CT molecular complexity index is 864. The molecule has 0 fully saturated rings. The van der Waals surface area contributed by atoms with E-state index in [0.717, 1.165) is 11.4 Å². The van der Waals surface area contributed by atoms with Gasteiger partial charge < -0.3 is 4.90 Å². The molecule has 1 aromatic carbocycles. The van der Waals surface area contributed by atoms with E-state index < -0.39 is 0 Å². The van der Waals surface area contributed by atoms with Crippen LogP contribution in [0.5, 0.6) is 0 Å². The maximum atomic E-state index is 13.0.